The number of aliphatic hydroxyl groups excluding tert-OH is 1. The molecule has 0 aliphatic carbocycles. The largest absolute Gasteiger partial charge is 0.395 e. The van der Waals surface area contributed by atoms with E-state index in [1.54, 1.807) is 0 Å². The van der Waals surface area contributed by atoms with E-state index in [2.05, 4.69) is 36.5 Å². The number of hydrogen-bond acceptors (Lipinski definition) is 3. The quantitative estimate of drug-likeness (QED) is 0.758. The molecule has 1 aromatic carbocycles. The highest BCUT2D eigenvalue weighted by Gasteiger charge is 2.06. The molecule has 0 spiro atoms. The average Bonchev–Trinajstić information content (AvgIpc) is 2.29. The Bertz CT molecular complexity index is 349. The smallest absolute Gasteiger partial charge is 0.234 e. The lowest BCUT2D eigenvalue weighted by Crippen LogP contribution is -2.36. The third kappa shape index (κ3) is 5.47. The summed E-state index contributed by atoms with van der Waals surface area (Å²) in [6.45, 7) is 3.43. The molecule has 1 rings (SSSR count). The number of aryl methyl sites for hydroxylation is 1. The van der Waals surface area contributed by atoms with Crippen molar-refractivity contribution < 1.29 is 9.90 Å². The zero-order valence-corrected chi connectivity index (χ0v) is 10.4. The number of hydrogen-bond donors (Lipinski definition) is 2. The highest BCUT2D eigenvalue weighted by atomic mass is 16.3. The molecule has 0 aliphatic rings. The lowest BCUT2D eigenvalue weighted by molar-refractivity contribution is -0.122. The number of likely N-dealkylation sites (N-methyl/N-ethyl adjacent to an activating group) is 1. The molecule has 0 bridgehead atoms. The van der Waals surface area contributed by atoms with Crippen molar-refractivity contribution in [2.75, 3.05) is 26.7 Å². The van der Waals surface area contributed by atoms with Gasteiger partial charge in [0.1, 0.15) is 0 Å². The first-order valence-corrected chi connectivity index (χ1v) is 5.73. The van der Waals surface area contributed by atoms with Crippen molar-refractivity contribution in [1.82, 2.24) is 10.2 Å². The first-order chi connectivity index (χ1) is 8.11. The predicted octanol–water partition coefficient (Wildman–Crippen LogP) is 0.535. The minimum atomic E-state index is -0.0614. The molecule has 0 heterocycles. The van der Waals surface area contributed by atoms with Crippen molar-refractivity contribution in [2.45, 2.75) is 13.5 Å². The Hall–Kier alpha value is -1.39. The number of nitrogens with one attached hydrogen (secondary N) is 1. The number of rotatable bonds is 6. The highest BCUT2D eigenvalue weighted by Crippen LogP contribution is 2.05. The molecule has 4 heteroatoms. The third-order valence-corrected chi connectivity index (χ3v) is 2.42. The van der Waals surface area contributed by atoms with Crippen LogP contribution in [0.2, 0.25) is 0 Å². The van der Waals surface area contributed by atoms with Crippen LogP contribution in [-0.2, 0) is 11.3 Å². The monoisotopic (exact) mass is 236 g/mol. The Morgan fingerprint density at radius 1 is 1.35 bits per heavy atom. The maximum absolute atomic E-state index is 11.4. The van der Waals surface area contributed by atoms with Gasteiger partial charge < -0.3 is 10.4 Å². The summed E-state index contributed by atoms with van der Waals surface area (Å²) in [5.74, 6) is -0.0614. The van der Waals surface area contributed by atoms with Crippen LogP contribution >= 0.6 is 0 Å². The number of carbonyl (C=O) groups excluding carboxylic acids is 1. The van der Waals surface area contributed by atoms with Crippen LogP contribution in [-0.4, -0.2) is 42.7 Å². The second-order valence-electron chi connectivity index (χ2n) is 4.23. The van der Waals surface area contributed by atoms with Gasteiger partial charge in [-0.15, -0.1) is 0 Å². The van der Waals surface area contributed by atoms with Crippen molar-refractivity contribution in [3.05, 3.63) is 35.4 Å². The van der Waals surface area contributed by atoms with E-state index in [1.807, 2.05) is 11.9 Å². The number of nitrogens with zero attached hydrogens (tertiary/aromatic N) is 1. The summed E-state index contributed by atoms with van der Waals surface area (Å²) in [6, 6.07) is 8.26. The summed E-state index contributed by atoms with van der Waals surface area (Å²) in [4.78, 5) is 13.3. The number of amides is 1. The van der Waals surface area contributed by atoms with E-state index >= 15 is 0 Å². The van der Waals surface area contributed by atoms with Crippen LogP contribution in [0.3, 0.4) is 0 Å². The Kier molecular flexibility index (Phi) is 5.66. The summed E-state index contributed by atoms with van der Waals surface area (Å²) in [7, 11) is 1.90. The van der Waals surface area contributed by atoms with Gasteiger partial charge in [-0.1, -0.05) is 29.8 Å². The Balaban J connectivity index is 2.36. The highest BCUT2D eigenvalue weighted by molar-refractivity contribution is 5.77. The van der Waals surface area contributed by atoms with Gasteiger partial charge in [0.15, 0.2) is 0 Å². The SMILES string of the molecule is Cc1ccc(CN(C)CC(=O)NCCO)cc1. The van der Waals surface area contributed by atoms with Crippen molar-refractivity contribution in [3.63, 3.8) is 0 Å². The van der Waals surface area contributed by atoms with E-state index in [9.17, 15) is 4.79 Å². The summed E-state index contributed by atoms with van der Waals surface area (Å²) in [5, 5.41) is 11.2. The predicted molar refractivity (Wildman–Crippen MR) is 67.6 cm³/mol. The molecular weight excluding hydrogens is 216 g/mol. The minimum absolute atomic E-state index is 0.0204. The fourth-order valence-electron chi connectivity index (χ4n) is 1.56. The van der Waals surface area contributed by atoms with E-state index < -0.39 is 0 Å². The van der Waals surface area contributed by atoms with Crippen LogP contribution in [0.15, 0.2) is 24.3 Å². The molecule has 0 saturated heterocycles. The minimum Gasteiger partial charge on any atom is -0.395 e. The molecule has 0 aromatic heterocycles. The van der Waals surface area contributed by atoms with Gasteiger partial charge in [0.2, 0.25) is 5.91 Å². The molecular formula is C13H20N2O2. The molecule has 0 aliphatic heterocycles. The van der Waals surface area contributed by atoms with Gasteiger partial charge in [0.25, 0.3) is 0 Å². The first-order valence-electron chi connectivity index (χ1n) is 5.73. The van der Waals surface area contributed by atoms with Crippen LogP contribution < -0.4 is 5.32 Å². The maximum Gasteiger partial charge on any atom is 0.234 e. The van der Waals surface area contributed by atoms with Gasteiger partial charge in [0, 0.05) is 13.1 Å². The van der Waals surface area contributed by atoms with Crippen molar-refractivity contribution in [2.24, 2.45) is 0 Å². The molecule has 0 unspecified atom stereocenters. The van der Waals surface area contributed by atoms with E-state index in [4.69, 9.17) is 5.11 Å². The fourth-order valence-corrected chi connectivity index (χ4v) is 1.56. The van der Waals surface area contributed by atoms with Crippen LogP contribution in [0.4, 0.5) is 0 Å². The lowest BCUT2D eigenvalue weighted by atomic mass is 10.1. The van der Waals surface area contributed by atoms with Crippen molar-refractivity contribution in [3.8, 4) is 0 Å². The third-order valence-electron chi connectivity index (χ3n) is 2.42. The fraction of sp³-hybridized carbons (Fsp3) is 0.462. The second kappa shape index (κ2) is 7.04. The summed E-state index contributed by atoms with van der Waals surface area (Å²) in [5.41, 5.74) is 2.42. The van der Waals surface area contributed by atoms with E-state index in [1.165, 1.54) is 11.1 Å². The van der Waals surface area contributed by atoms with Gasteiger partial charge in [-0.3, -0.25) is 9.69 Å². The molecule has 1 amide bonds. The summed E-state index contributed by atoms with van der Waals surface area (Å²) in [6.07, 6.45) is 0. The zero-order chi connectivity index (χ0) is 12.7. The molecule has 0 radical (unpaired) electrons. The van der Waals surface area contributed by atoms with E-state index in [0.717, 1.165) is 6.54 Å². The van der Waals surface area contributed by atoms with Crippen LogP contribution in [0.1, 0.15) is 11.1 Å². The molecule has 1 aromatic rings. The van der Waals surface area contributed by atoms with E-state index in [-0.39, 0.29) is 12.5 Å². The molecule has 0 saturated carbocycles. The molecule has 17 heavy (non-hydrogen) atoms. The van der Waals surface area contributed by atoms with Gasteiger partial charge in [-0.05, 0) is 19.5 Å². The maximum atomic E-state index is 11.4. The van der Waals surface area contributed by atoms with Crippen LogP contribution in [0, 0.1) is 6.92 Å². The number of carbonyl (C=O) groups is 1. The molecule has 2 N–H and O–H groups in total. The van der Waals surface area contributed by atoms with Gasteiger partial charge >= 0.3 is 0 Å². The zero-order valence-electron chi connectivity index (χ0n) is 10.4. The van der Waals surface area contributed by atoms with Crippen molar-refractivity contribution in [1.29, 1.82) is 0 Å². The Morgan fingerprint density at radius 3 is 2.59 bits per heavy atom. The van der Waals surface area contributed by atoms with Gasteiger partial charge in [-0.2, -0.15) is 0 Å². The first kappa shape index (κ1) is 13.7. The van der Waals surface area contributed by atoms with E-state index in [0.29, 0.717) is 13.1 Å². The molecule has 4 nitrogen and oxygen atoms in total. The normalized spacial score (nSPS) is 10.6. The second-order valence-corrected chi connectivity index (χ2v) is 4.23. The van der Waals surface area contributed by atoms with Gasteiger partial charge in [-0.25, -0.2) is 0 Å². The number of aliphatic hydroxyl groups is 1. The average molecular weight is 236 g/mol. The summed E-state index contributed by atoms with van der Waals surface area (Å²) < 4.78 is 0. The standard InChI is InChI=1S/C13H20N2O2/c1-11-3-5-12(6-4-11)9-15(2)10-13(17)14-7-8-16/h3-6,16H,7-10H2,1-2H3,(H,14,17). The van der Waals surface area contributed by atoms with Crippen LogP contribution in [0.25, 0.3) is 0 Å². The van der Waals surface area contributed by atoms with Crippen LogP contribution in [0.5, 0.6) is 0 Å². The molecule has 0 fully saturated rings. The Morgan fingerprint density at radius 2 is 2.00 bits per heavy atom. The lowest BCUT2D eigenvalue weighted by Gasteiger charge is -2.16. The molecule has 0 atom stereocenters. The van der Waals surface area contributed by atoms with Gasteiger partial charge in [0.05, 0.1) is 13.2 Å². The summed E-state index contributed by atoms with van der Waals surface area (Å²) >= 11 is 0. The number of benzene rings is 1. The molecule has 94 valence electrons. The topological polar surface area (TPSA) is 52.6 Å². The van der Waals surface area contributed by atoms with Crippen molar-refractivity contribution >= 4 is 5.91 Å². The Labute approximate surface area is 102 Å².